The molecule has 1 saturated carbocycles. The predicted octanol–water partition coefficient (Wildman–Crippen LogP) is 4.08. The Labute approximate surface area is 128 Å². The van der Waals surface area contributed by atoms with Gasteiger partial charge in [-0.3, -0.25) is 0 Å². The van der Waals surface area contributed by atoms with E-state index in [1.165, 1.54) is 36.9 Å². The van der Waals surface area contributed by atoms with Crippen LogP contribution >= 0.6 is 11.8 Å². The fourth-order valence-corrected chi connectivity index (χ4v) is 3.99. The Kier molecular flexibility index (Phi) is 5.79. The molecule has 0 aliphatic heterocycles. The molecular formula is C17H28N2S. The molecule has 2 nitrogen and oxygen atoms in total. The number of thioether (sulfide) groups is 1. The molecule has 1 fully saturated rings. The molecule has 0 radical (unpaired) electrons. The van der Waals surface area contributed by atoms with Crippen molar-refractivity contribution in [2.45, 2.75) is 49.9 Å². The van der Waals surface area contributed by atoms with Crippen molar-refractivity contribution in [1.82, 2.24) is 5.32 Å². The Balaban J connectivity index is 1.98. The molecule has 1 aromatic carbocycles. The van der Waals surface area contributed by atoms with Crippen LogP contribution < -0.4 is 10.2 Å². The summed E-state index contributed by atoms with van der Waals surface area (Å²) in [4.78, 5) is 2.15. The zero-order chi connectivity index (χ0) is 14.5. The first-order chi connectivity index (χ1) is 9.61. The van der Waals surface area contributed by atoms with Crippen molar-refractivity contribution in [2.24, 2.45) is 0 Å². The van der Waals surface area contributed by atoms with Gasteiger partial charge in [0, 0.05) is 37.1 Å². The van der Waals surface area contributed by atoms with Gasteiger partial charge in [-0.15, -0.1) is 0 Å². The standard InChI is InChI=1S/C17H28N2S/c1-13(14-9-11-15(12-10-14)19(2)3)18-16-7-5-6-8-17(16)20-4/h9-13,16-18H,5-8H2,1-4H3. The Morgan fingerprint density at radius 2 is 1.80 bits per heavy atom. The van der Waals surface area contributed by atoms with Crippen LogP contribution in [0.4, 0.5) is 5.69 Å². The zero-order valence-corrected chi connectivity index (χ0v) is 14.0. The highest BCUT2D eigenvalue weighted by Crippen LogP contribution is 2.29. The summed E-state index contributed by atoms with van der Waals surface area (Å²) in [5.74, 6) is 0. The number of rotatable bonds is 5. The van der Waals surface area contributed by atoms with Crippen molar-refractivity contribution >= 4 is 17.4 Å². The molecule has 1 N–H and O–H groups in total. The smallest absolute Gasteiger partial charge is 0.0361 e. The summed E-state index contributed by atoms with van der Waals surface area (Å²) < 4.78 is 0. The summed E-state index contributed by atoms with van der Waals surface area (Å²) in [6.45, 7) is 2.29. The lowest BCUT2D eigenvalue weighted by Crippen LogP contribution is -2.41. The van der Waals surface area contributed by atoms with Gasteiger partial charge in [-0.1, -0.05) is 25.0 Å². The molecule has 0 heterocycles. The number of hydrogen-bond donors (Lipinski definition) is 1. The molecule has 2 rings (SSSR count). The molecule has 0 saturated heterocycles. The van der Waals surface area contributed by atoms with Gasteiger partial charge < -0.3 is 10.2 Å². The maximum absolute atomic E-state index is 3.85. The Morgan fingerprint density at radius 3 is 2.40 bits per heavy atom. The largest absolute Gasteiger partial charge is 0.378 e. The first-order valence-electron chi connectivity index (χ1n) is 7.68. The van der Waals surface area contributed by atoms with Crippen LogP contribution in [0.1, 0.15) is 44.2 Å². The molecule has 0 aromatic heterocycles. The summed E-state index contributed by atoms with van der Waals surface area (Å²) in [6.07, 6.45) is 7.72. The van der Waals surface area contributed by atoms with Gasteiger partial charge in [0.05, 0.1) is 0 Å². The average Bonchev–Trinajstić information content (AvgIpc) is 2.48. The highest BCUT2D eigenvalue weighted by Gasteiger charge is 2.25. The third-order valence-electron chi connectivity index (χ3n) is 4.38. The van der Waals surface area contributed by atoms with Crippen LogP contribution in [0.25, 0.3) is 0 Å². The topological polar surface area (TPSA) is 15.3 Å². The molecular weight excluding hydrogens is 264 g/mol. The fourth-order valence-electron chi connectivity index (χ4n) is 3.05. The summed E-state index contributed by atoms with van der Waals surface area (Å²) >= 11 is 2.03. The summed E-state index contributed by atoms with van der Waals surface area (Å²) in [5, 5.41) is 4.63. The van der Waals surface area contributed by atoms with Crippen LogP contribution in [0, 0.1) is 0 Å². The lowest BCUT2D eigenvalue weighted by Gasteiger charge is -2.33. The van der Waals surface area contributed by atoms with E-state index in [1.54, 1.807) is 0 Å². The lowest BCUT2D eigenvalue weighted by molar-refractivity contribution is 0.356. The van der Waals surface area contributed by atoms with E-state index in [0.29, 0.717) is 12.1 Å². The molecule has 0 spiro atoms. The molecule has 1 aliphatic carbocycles. The normalized spacial score (nSPS) is 24.4. The minimum Gasteiger partial charge on any atom is -0.378 e. The predicted molar refractivity (Wildman–Crippen MR) is 91.9 cm³/mol. The van der Waals surface area contributed by atoms with Gasteiger partial charge in [-0.2, -0.15) is 11.8 Å². The molecule has 20 heavy (non-hydrogen) atoms. The zero-order valence-electron chi connectivity index (χ0n) is 13.2. The van der Waals surface area contributed by atoms with E-state index in [2.05, 4.69) is 61.8 Å². The number of nitrogens with one attached hydrogen (secondary N) is 1. The van der Waals surface area contributed by atoms with E-state index < -0.39 is 0 Å². The van der Waals surface area contributed by atoms with E-state index >= 15 is 0 Å². The van der Waals surface area contributed by atoms with Gasteiger partial charge >= 0.3 is 0 Å². The second-order valence-electron chi connectivity index (χ2n) is 6.04. The molecule has 3 unspecified atom stereocenters. The van der Waals surface area contributed by atoms with Gasteiger partial charge in [0.25, 0.3) is 0 Å². The minimum absolute atomic E-state index is 0.434. The third-order valence-corrected chi connectivity index (χ3v) is 5.55. The van der Waals surface area contributed by atoms with Gasteiger partial charge in [0.2, 0.25) is 0 Å². The third kappa shape index (κ3) is 3.92. The summed E-state index contributed by atoms with van der Waals surface area (Å²) in [6, 6.07) is 10.0. The van der Waals surface area contributed by atoms with Gasteiger partial charge in [-0.05, 0) is 43.7 Å². The highest BCUT2D eigenvalue weighted by molar-refractivity contribution is 7.99. The van der Waals surface area contributed by atoms with Crippen molar-refractivity contribution in [3.05, 3.63) is 29.8 Å². The van der Waals surface area contributed by atoms with Gasteiger partial charge in [-0.25, -0.2) is 0 Å². The van der Waals surface area contributed by atoms with Crippen molar-refractivity contribution in [3.63, 3.8) is 0 Å². The summed E-state index contributed by atoms with van der Waals surface area (Å²) in [5.41, 5.74) is 2.65. The van der Waals surface area contributed by atoms with Crippen LogP contribution in [0.2, 0.25) is 0 Å². The van der Waals surface area contributed by atoms with E-state index in [1.807, 2.05) is 11.8 Å². The quantitative estimate of drug-likeness (QED) is 0.880. The van der Waals surface area contributed by atoms with Crippen molar-refractivity contribution in [1.29, 1.82) is 0 Å². The molecule has 1 aliphatic rings. The van der Waals surface area contributed by atoms with E-state index in [0.717, 1.165) is 5.25 Å². The van der Waals surface area contributed by atoms with Crippen molar-refractivity contribution in [3.8, 4) is 0 Å². The Hall–Kier alpha value is -0.670. The highest BCUT2D eigenvalue weighted by atomic mass is 32.2. The van der Waals surface area contributed by atoms with Crippen LogP contribution in [-0.2, 0) is 0 Å². The number of nitrogens with zero attached hydrogens (tertiary/aromatic N) is 1. The Morgan fingerprint density at radius 1 is 1.15 bits per heavy atom. The summed E-state index contributed by atoms with van der Waals surface area (Å²) in [7, 11) is 4.17. The van der Waals surface area contributed by atoms with Gasteiger partial charge in [0.1, 0.15) is 0 Å². The van der Waals surface area contributed by atoms with Crippen molar-refractivity contribution < 1.29 is 0 Å². The van der Waals surface area contributed by atoms with Crippen molar-refractivity contribution in [2.75, 3.05) is 25.3 Å². The van der Waals surface area contributed by atoms with E-state index in [4.69, 9.17) is 0 Å². The second-order valence-corrected chi connectivity index (χ2v) is 7.12. The molecule has 3 atom stereocenters. The maximum atomic E-state index is 3.85. The van der Waals surface area contributed by atoms with Crippen LogP contribution in [0.15, 0.2) is 24.3 Å². The average molecular weight is 292 g/mol. The second kappa shape index (κ2) is 7.37. The Bertz CT molecular complexity index is 402. The molecule has 1 aromatic rings. The van der Waals surface area contributed by atoms with Crippen LogP contribution in [0.5, 0.6) is 0 Å². The molecule has 0 amide bonds. The van der Waals surface area contributed by atoms with Gasteiger partial charge in [0.15, 0.2) is 0 Å². The number of benzene rings is 1. The number of hydrogen-bond acceptors (Lipinski definition) is 3. The SMILES string of the molecule is CSC1CCCCC1NC(C)c1ccc(N(C)C)cc1. The monoisotopic (exact) mass is 292 g/mol. The molecule has 0 bridgehead atoms. The number of anilines is 1. The minimum atomic E-state index is 0.434. The fraction of sp³-hybridized carbons (Fsp3) is 0.647. The lowest BCUT2D eigenvalue weighted by atomic mass is 9.93. The van der Waals surface area contributed by atoms with Crippen LogP contribution in [-0.4, -0.2) is 31.6 Å². The van der Waals surface area contributed by atoms with Crippen LogP contribution in [0.3, 0.4) is 0 Å². The first kappa shape index (κ1) is 15.7. The van der Waals surface area contributed by atoms with E-state index in [-0.39, 0.29) is 0 Å². The molecule has 112 valence electrons. The first-order valence-corrected chi connectivity index (χ1v) is 8.96. The molecule has 3 heteroatoms. The maximum Gasteiger partial charge on any atom is 0.0361 e. The van der Waals surface area contributed by atoms with E-state index in [9.17, 15) is 0 Å².